The molecule has 4 rings (SSSR count). The van der Waals surface area contributed by atoms with Gasteiger partial charge < -0.3 is 9.64 Å². The van der Waals surface area contributed by atoms with Crippen molar-refractivity contribution in [2.45, 2.75) is 49.9 Å². The number of benzene rings is 2. The molecule has 2 saturated heterocycles. The number of carbonyl (C=O) groups excluding carboxylic acids is 1. The highest BCUT2D eigenvalue weighted by Crippen LogP contribution is 2.42. The fraction of sp³-hybridized carbons (Fsp3) is 0.476. The second-order valence-corrected chi connectivity index (χ2v) is 8.16. The lowest BCUT2D eigenvalue weighted by Gasteiger charge is -2.39. The lowest BCUT2D eigenvalue weighted by atomic mass is 9.97. The second-order valence-electron chi connectivity index (χ2n) is 7.02. The van der Waals surface area contributed by atoms with Gasteiger partial charge in [0.05, 0.1) is 12.2 Å². The van der Waals surface area contributed by atoms with E-state index in [9.17, 15) is 4.79 Å². The van der Waals surface area contributed by atoms with E-state index in [1.807, 2.05) is 49.0 Å². The first-order valence-corrected chi connectivity index (χ1v) is 10.5. The van der Waals surface area contributed by atoms with Crippen LogP contribution in [-0.2, 0) is 0 Å². The minimum absolute atomic E-state index is 0.160. The molecule has 0 N–H and O–H groups in total. The molecule has 4 heteroatoms. The maximum atomic E-state index is 13.6. The molecule has 2 bridgehead atoms. The number of rotatable bonds is 4. The number of nitrogens with zero attached hydrogens (tertiary/aromatic N) is 1. The summed E-state index contributed by atoms with van der Waals surface area (Å²) in [4.78, 5) is 15.8. The molecule has 0 saturated carbocycles. The Labute approximate surface area is 153 Å². The van der Waals surface area contributed by atoms with Gasteiger partial charge >= 0.3 is 0 Å². The van der Waals surface area contributed by atoms with Crippen LogP contribution in [0, 0.1) is 0 Å². The van der Waals surface area contributed by atoms with E-state index in [0.29, 0.717) is 23.9 Å². The first kappa shape index (κ1) is 16.8. The Morgan fingerprint density at radius 3 is 2.56 bits per heavy atom. The van der Waals surface area contributed by atoms with Crippen molar-refractivity contribution in [3.05, 3.63) is 42.0 Å². The Balaban J connectivity index is 1.76. The summed E-state index contributed by atoms with van der Waals surface area (Å²) >= 11 is 1.95. The molecule has 2 unspecified atom stereocenters. The van der Waals surface area contributed by atoms with Gasteiger partial charge in [-0.15, -0.1) is 0 Å². The van der Waals surface area contributed by atoms with Crippen molar-refractivity contribution >= 4 is 28.4 Å². The minimum atomic E-state index is 0.160. The lowest BCUT2D eigenvalue weighted by Crippen LogP contribution is -2.47. The topological polar surface area (TPSA) is 29.5 Å². The molecule has 2 aliphatic rings. The molecule has 3 nitrogen and oxygen atoms in total. The molecule has 0 spiro atoms. The van der Waals surface area contributed by atoms with E-state index in [0.717, 1.165) is 47.8 Å². The second kappa shape index (κ2) is 6.91. The molecular weight excluding hydrogens is 330 g/mol. The Morgan fingerprint density at radius 1 is 1.16 bits per heavy atom. The van der Waals surface area contributed by atoms with Crippen molar-refractivity contribution in [3.8, 4) is 5.75 Å². The predicted octanol–water partition coefficient (Wildman–Crippen LogP) is 4.74. The monoisotopic (exact) mass is 355 g/mol. The van der Waals surface area contributed by atoms with Gasteiger partial charge in [0, 0.05) is 17.3 Å². The van der Waals surface area contributed by atoms with Crippen molar-refractivity contribution in [1.29, 1.82) is 0 Å². The summed E-state index contributed by atoms with van der Waals surface area (Å²) in [5.74, 6) is 0.880. The van der Waals surface area contributed by atoms with Crippen molar-refractivity contribution in [2.75, 3.05) is 12.9 Å². The molecule has 2 heterocycles. The molecular formula is C21H25NO2S. The third-order valence-corrected chi connectivity index (χ3v) is 6.71. The van der Waals surface area contributed by atoms with E-state index in [1.165, 1.54) is 0 Å². The molecule has 2 aromatic rings. The number of carbonyl (C=O) groups is 1. The number of ether oxygens (including phenoxy) is 1. The molecule has 0 radical (unpaired) electrons. The van der Waals surface area contributed by atoms with Gasteiger partial charge in [0.25, 0.3) is 5.91 Å². The molecule has 2 aromatic carbocycles. The van der Waals surface area contributed by atoms with E-state index in [1.54, 1.807) is 0 Å². The molecule has 132 valence electrons. The lowest BCUT2D eigenvalue weighted by molar-refractivity contribution is 0.0600. The Kier molecular flexibility index (Phi) is 4.63. The molecule has 0 aliphatic carbocycles. The average Bonchev–Trinajstić information content (AvgIpc) is 2.91. The van der Waals surface area contributed by atoms with Crippen LogP contribution >= 0.6 is 11.8 Å². The minimum Gasteiger partial charge on any atom is -0.493 e. The predicted molar refractivity (Wildman–Crippen MR) is 105 cm³/mol. The van der Waals surface area contributed by atoms with Crippen molar-refractivity contribution in [1.82, 2.24) is 4.90 Å². The van der Waals surface area contributed by atoms with E-state index in [4.69, 9.17) is 4.74 Å². The fourth-order valence-corrected chi connectivity index (χ4v) is 5.36. The maximum Gasteiger partial charge on any atom is 0.258 e. The van der Waals surface area contributed by atoms with Gasteiger partial charge in [-0.05, 0) is 55.7 Å². The van der Waals surface area contributed by atoms with E-state index < -0.39 is 0 Å². The van der Waals surface area contributed by atoms with Crippen LogP contribution < -0.4 is 4.74 Å². The van der Waals surface area contributed by atoms with Crippen LogP contribution in [-0.4, -0.2) is 41.0 Å². The zero-order valence-electron chi connectivity index (χ0n) is 14.9. The van der Waals surface area contributed by atoms with Gasteiger partial charge in [-0.3, -0.25) is 4.79 Å². The number of hydrogen-bond acceptors (Lipinski definition) is 3. The van der Waals surface area contributed by atoms with Crippen LogP contribution in [0.25, 0.3) is 10.8 Å². The van der Waals surface area contributed by atoms with Crippen LogP contribution in [0.4, 0.5) is 0 Å². The first-order chi connectivity index (χ1) is 12.2. The summed E-state index contributed by atoms with van der Waals surface area (Å²) in [6.07, 6.45) is 6.72. The SMILES string of the molecule is CCOc1ccc2ccccc2c1C(=O)N1C2CCC1CC(SC)C2. The number of piperidine rings is 1. The smallest absolute Gasteiger partial charge is 0.258 e. The number of fused-ring (bicyclic) bond motifs is 3. The van der Waals surface area contributed by atoms with E-state index in [-0.39, 0.29) is 5.91 Å². The third kappa shape index (κ3) is 2.91. The highest BCUT2D eigenvalue weighted by atomic mass is 32.2. The number of thioether (sulfide) groups is 1. The Hall–Kier alpha value is -1.68. The summed E-state index contributed by atoms with van der Waals surface area (Å²) in [5, 5.41) is 2.80. The number of amides is 1. The van der Waals surface area contributed by atoms with Gasteiger partial charge in [-0.1, -0.05) is 30.3 Å². The Bertz CT molecular complexity index is 777. The van der Waals surface area contributed by atoms with E-state index >= 15 is 0 Å². The van der Waals surface area contributed by atoms with Crippen LogP contribution in [0.3, 0.4) is 0 Å². The van der Waals surface area contributed by atoms with Gasteiger partial charge in [-0.2, -0.15) is 11.8 Å². The van der Waals surface area contributed by atoms with Crippen molar-refractivity contribution in [3.63, 3.8) is 0 Å². The molecule has 2 fully saturated rings. The molecule has 2 atom stereocenters. The van der Waals surface area contributed by atoms with E-state index in [2.05, 4.69) is 17.2 Å². The highest BCUT2D eigenvalue weighted by Gasteiger charge is 2.44. The molecule has 2 aliphatic heterocycles. The summed E-state index contributed by atoms with van der Waals surface area (Å²) in [6, 6.07) is 12.9. The molecule has 0 aromatic heterocycles. The van der Waals surface area contributed by atoms with Crippen molar-refractivity contribution < 1.29 is 9.53 Å². The van der Waals surface area contributed by atoms with Crippen molar-refractivity contribution in [2.24, 2.45) is 0 Å². The summed E-state index contributed by atoms with van der Waals surface area (Å²) in [7, 11) is 0. The molecule has 25 heavy (non-hydrogen) atoms. The largest absolute Gasteiger partial charge is 0.493 e. The normalized spacial score (nSPS) is 25.4. The van der Waals surface area contributed by atoms with Gasteiger partial charge in [0.1, 0.15) is 5.75 Å². The fourth-order valence-electron chi connectivity index (χ4n) is 4.53. The summed E-state index contributed by atoms with van der Waals surface area (Å²) in [5.41, 5.74) is 0.749. The van der Waals surface area contributed by atoms with Crippen LogP contribution in [0.5, 0.6) is 5.75 Å². The first-order valence-electron chi connectivity index (χ1n) is 9.23. The quantitative estimate of drug-likeness (QED) is 0.793. The van der Waals surface area contributed by atoms with Crippen LogP contribution in [0.2, 0.25) is 0 Å². The van der Waals surface area contributed by atoms with Gasteiger partial charge in [-0.25, -0.2) is 0 Å². The highest BCUT2D eigenvalue weighted by molar-refractivity contribution is 7.99. The zero-order valence-corrected chi connectivity index (χ0v) is 15.7. The van der Waals surface area contributed by atoms with Gasteiger partial charge in [0.2, 0.25) is 0 Å². The summed E-state index contributed by atoms with van der Waals surface area (Å²) in [6.45, 7) is 2.54. The average molecular weight is 356 g/mol. The molecule has 1 amide bonds. The van der Waals surface area contributed by atoms with Crippen LogP contribution in [0.1, 0.15) is 43.0 Å². The standard InChI is InChI=1S/C21H25NO2S/c1-3-24-19-11-8-14-6-4-5-7-18(14)20(19)21(23)22-15-9-10-16(22)13-17(12-15)25-2/h4-8,11,15-17H,3,9-10,12-13H2,1-2H3. The maximum absolute atomic E-state index is 13.6. The van der Waals surface area contributed by atoms with Crippen LogP contribution in [0.15, 0.2) is 36.4 Å². The third-order valence-electron chi connectivity index (χ3n) is 5.66. The zero-order chi connectivity index (χ0) is 17.4. The number of hydrogen-bond donors (Lipinski definition) is 0. The summed E-state index contributed by atoms with van der Waals surface area (Å²) < 4.78 is 5.84. The Morgan fingerprint density at radius 2 is 1.88 bits per heavy atom. The van der Waals surface area contributed by atoms with Gasteiger partial charge in [0.15, 0.2) is 0 Å².